The van der Waals surface area contributed by atoms with Crippen LogP contribution in [0.5, 0.6) is 0 Å². The Kier molecular flexibility index (Phi) is 4.54. The number of rotatable bonds is 4. The number of anilines is 1. The molecule has 2 aromatic carbocycles. The van der Waals surface area contributed by atoms with Crippen LogP contribution in [0.15, 0.2) is 60.9 Å². The predicted molar refractivity (Wildman–Crippen MR) is 112 cm³/mol. The highest BCUT2D eigenvalue weighted by atomic mass is 15.2. The Morgan fingerprint density at radius 2 is 1.78 bits per heavy atom. The molecule has 2 heterocycles. The minimum absolute atomic E-state index is 0.651. The van der Waals surface area contributed by atoms with Crippen LogP contribution in [0.1, 0.15) is 36.8 Å². The van der Waals surface area contributed by atoms with Crippen molar-refractivity contribution in [3.05, 3.63) is 72.1 Å². The molecular weight excluding hydrogens is 330 g/mol. The lowest BCUT2D eigenvalue weighted by atomic mass is 9.88. The van der Waals surface area contributed by atoms with Gasteiger partial charge in [0.05, 0.1) is 0 Å². The van der Waals surface area contributed by atoms with E-state index in [1.165, 1.54) is 53.3 Å². The third-order valence-electron chi connectivity index (χ3n) is 6.35. The lowest BCUT2D eigenvalue weighted by molar-refractivity contribution is 0.330. The number of hydrogen-bond donors (Lipinski definition) is 1. The van der Waals surface area contributed by atoms with Crippen LogP contribution in [-0.2, 0) is 13.0 Å². The lowest BCUT2D eigenvalue weighted by Crippen LogP contribution is -2.44. The first kappa shape index (κ1) is 16.8. The predicted octanol–water partition coefficient (Wildman–Crippen LogP) is 4.70. The van der Waals surface area contributed by atoms with Crippen molar-refractivity contribution in [1.82, 2.24) is 10.3 Å². The van der Waals surface area contributed by atoms with Gasteiger partial charge in [-0.2, -0.15) is 0 Å². The van der Waals surface area contributed by atoms with Crippen molar-refractivity contribution in [1.29, 1.82) is 0 Å². The van der Waals surface area contributed by atoms with Gasteiger partial charge in [0.15, 0.2) is 0 Å². The molecule has 138 valence electrons. The lowest BCUT2D eigenvalue weighted by Gasteiger charge is -2.41. The Morgan fingerprint density at radius 1 is 0.926 bits per heavy atom. The highest BCUT2D eigenvalue weighted by Crippen LogP contribution is 2.37. The number of benzene rings is 2. The van der Waals surface area contributed by atoms with Crippen LogP contribution in [-0.4, -0.2) is 23.6 Å². The molecule has 1 aromatic heterocycles. The van der Waals surface area contributed by atoms with Gasteiger partial charge >= 0.3 is 0 Å². The SMILES string of the molecule is c1ccc(CN[C@H]2CC[C@H](N3CCc4cncc5cccc3c45)CC2)cc1. The summed E-state index contributed by atoms with van der Waals surface area (Å²) in [4.78, 5) is 7.11. The highest BCUT2D eigenvalue weighted by molar-refractivity contribution is 5.97. The van der Waals surface area contributed by atoms with Crippen molar-refractivity contribution < 1.29 is 0 Å². The Hall–Kier alpha value is -2.39. The molecule has 0 amide bonds. The second kappa shape index (κ2) is 7.32. The Labute approximate surface area is 161 Å². The van der Waals surface area contributed by atoms with Crippen LogP contribution in [0.2, 0.25) is 0 Å². The monoisotopic (exact) mass is 357 g/mol. The molecule has 0 atom stereocenters. The first-order chi connectivity index (χ1) is 13.4. The van der Waals surface area contributed by atoms with Crippen LogP contribution >= 0.6 is 0 Å². The molecule has 1 N–H and O–H groups in total. The minimum Gasteiger partial charge on any atom is -0.368 e. The number of pyridine rings is 1. The normalized spacial score (nSPS) is 22.1. The average Bonchev–Trinajstić information content (AvgIpc) is 2.74. The summed E-state index contributed by atoms with van der Waals surface area (Å²) >= 11 is 0. The molecule has 0 saturated heterocycles. The maximum atomic E-state index is 4.42. The molecule has 1 fully saturated rings. The van der Waals surface area contributed by atoms with Gasteiger partial charge in [-0.05, 0) is 49.3 Å². The summed E-state index contributed by atoms with van der Waals surface area (Å²) in [6.07, 6.45) is 10.3. The van der Waals surface area contributed by atoms with E-state index >= 15 is 0 Å². The van der Waals surface area contributed by atoms with Crippen LogP contribution in [0.3, 0.4) is 0 Å². The zero-order chi connectivity index (χ0) is 18.1. The first-order valence-corrected chi connectivity index (χ1v) is 10.3. The van der Waals surface area contributed by atoms with E-state index in [0.717, 1.165) is 19.5 Å². The maximum Gasteiger partial charge on any atom is 0.0452 e. The second-order valence-corrected chi connectivity index (χ2v) is 7.99. The van der Waals surface area contributed by atoms with Crippen LogP contribution in [0.25, 0.3) is 10.8 Å². The van der Waals surface area contributed by atoms with E-state index in [2.05, 4.69) is 69.9 Å². The molecule has 0 unspecified atom stereocenters. The molecule has 3 aromatic rings. The van der Waals surface area contributed by atoms with Gasteiger partial charge in [-0.25, -0.2) is 0 Å². The third-order valence-corrected chi connectivity index (χ3v) is 6.35. The van der Waals surface area contributed by atoms with Crippen molar-refractivity contribution in [2.75, 3.05) is 11.4 Å². The largest absolute Gasteiger partial charge is 0.368 e. The topological polar surface area (TPSA) is 28.2 Å². The first-order valence-electron chi connectivity index (χ1n) is 10.3. The molecule has 5 rings (SSSR count). The summed E-state index contributed by atoms with van der Waals surface area (Å²) in [5.41, 5.74) is 4.22. The van der Waals surface area contributed by atoms with Gasteiger partial charge in [-0.3, -0.25) is 4.98 Å². The summed E-state index contributed by atoms with van der Waals surface area (Å²) in [6, 6.07) is 18.8. The zero-order valence-corrected chi connectivity index (χ0v) is 15.8. The Balaban J connectivity index is 1.26. The molecule has 1 saturated carbocycles. The van der Waals surface area contributed by atoms with E-state index in [1.807, 2.05) is 6.20 Å². The van der Waals surface area contributed by atoms with Gasteiger partial charge < -0.3 is 10.2 Å². The van der Waals surface area contributed by atoms with E-state index in [9.17, 15) is 0 Å². The second-order valence-electron chi connectivity index (χ2n) is 7.99. The van der Waals surface area contributed by atoms with Gasteiger partial charge in [-0.15, -0.1) is 0 Å². The van der Waals surface area contributed by atoms with Crippen molar-refractivity contribution in [2.24, 2.45) is 0 Å². The number of nitrogens with one attached hydrogen (secondary N) is 1. The van der Waals surface area contributed by atoms with Gasteiger partial charge in [0.1, 0.15) is 0 Å². The van der Waals surface area contributed by atoms with Crippen LogP contribution in [0.4, 0.5) is 5.69 Å². The molecule has 2 aliphatic rings. The summed E-state index contributed by atoms with van der Waals surface area (Å²) in [5, 5.41) is 6.49. The molecule has 3 nitrogen and oxygen atoms in total. The fourth-order valence-electron chi connectivity index (χ4n) is 4.91. The molecule has 3 heteroatoms. The van der Waals surface area contributed by atoms with E-state index in [4.69, 9.17) is 0 Å². The van der Waals surface area contributed by atoms with Gasteiger partial charge in [0.25, 0.3) is 0 Å². The number of hydrogen-bond acceptors (Lipinski definition) is 3. The fraction of sp³-hybridized carbons (Fsp3) is 0.375. The van der Waals surface area contributed by atoms with Gasteiger partial charge in [0.2, 0.25) is 0 Å². The number of nitrogens with zero attached hydrogens (tertiary/aromatic N) is 2. The summed E-state index contributed by atoms with van der Waals surface area (Å²) in [6.45, 7) is 2.12. The van der Waals surface area contributed by atoms with E-state index in [0.29, 0.717) is 12.1 Å². The summed E-state index contributed by atoms with van der Waals surface area (Å²) < 4.78 is 0. The van der Waals surface area contributed by atoms with Crippen molar-refractivity contribution in [3.63, 3.8) is 0 Å². The molecule has 0 spiro atoms. The molecule has 0 bridgehead atoms. The highest BCUT2D eigenvalue weighted by Gasteiger charge is 2.29. The van der Waals surface area contributed by atoms with Crippen molar-refractivity contribution in [3.8, 4) is 0 Å². The average molecular weight is 358 g/mol. The smallest absolute Gasteiger partial charge is 0.0452 e. The third kappa shape index (κ3) is 3.32. The van der Waals surface area contributed by atoms with Crippen molar-refractivity contribution >= 4 is 16.5 Å². The van der Waals surface area contributed by atoms with Gasteiger partial charge in [0, 0.05) is 54.0 Å². The fourth-order valence-corrected chi connectivity index (χ4v) is 4.91. The molecule has 1 aliphatic heterocycles. The quantitative estimate of drug-likeness (QED) is 0.734. The Morgan fingerprint density at radius 3 is 2.63 bits per heavy atom. The molecule has 1 aliphatic carbocycles. The number of aromatic nitrogens is 1. The van der Waals surface area contributed by atoms with E-state index < -0.39 is 0 Å². The zero-order valence-electron chi connectivity index (χ0n) is 15.8. The standard InChI is InChI=1S/C24H27N3/c1-2-5-18(6-3-1)15-26-21-9-11-22(12-10-21)27-14-13-20-17-25-16-19-7-4-8-23(27)24(19)20/h1-8,16-17,21-22,26H,9-15H2/t21-,22-. The molecule has 0 radical (unpaired) electrons. The van der Waals surface area contributed by atoms with E-state index in [1.54, 1.807) is 0 Å². The maximum absolute atomic E-state index is 4.42. The summed E-state index contributed by atoms with van der Waals surface area (Å²) in [5.74, 6) is 0. The van der Waals surface area contributed by atoms with Crippen molar-refractivity contribution in [2.45, 2.75) is 50.7 Å². The van der Waals surface area contributed by atoms with E-state index in [-0.39, 0.29) is 0 Å². The Bertz CT molecular complexity index is 908. The van der Waals surface area contributed by atoms with Crippen LogP contribution in [0, 0.1) is 0 Å². The van der Waals surface area contributed by atoms with Gasteiger partial charge in [-0.1, -0.05) is 42.5 Å². The molecular formula is C24H27N3. The minimum atomic E-state index is 0.651. The summed E-state index contributed by atoms with van der Waals surface area (Å²) in [7, 11) is 0. The molecule has 27 heavy (non-hydrogen) atoms. The van der Waals surface area contributed by atoms with Crippen LogP contribution < -0.4 is 10.2 Å².